The maximum absolute atomic E-state index is 4.49. The van der Waals surface area contributed by atoms with Crippen LogP contribution in [0.5, 0.6) is 0 Å². The van der Waals surface area contributed by atoms with E-state index in [0.717, 1.165) is 17.2 Å². The summed E-state index contributed by atoms with van der Waals surface area (Å²) < 4.78 is 1.88. The van der Waals surface area contributed by atoms with Crippen LogP contribution in [-0.4, -0.2) is 14.8 Å². The van der Waals surface area contributed by atoms with Gasteiger partial charge in [0, 0.05) is 11.9 Å². The van der Waals surface area contributed by atoms with Crippen LogP contribution in [0.3, 0.4) is 0 Å². The molecule has 2 aromatic rings. The molecule has 0 fully saturated rings. The van der Waals surface area contributed by atoms with Crippen molar-refractivity contribution in [2.45, 2.75) is 40.0 Å². The van der Waals surface area contributed by atoms with Gasteiger partial charge < -0.3 is 0 Å². The van der Waals surface area contributed by atoms with Gasteiger partial charge in [0.1, 0.15) is 0 Å². The van der Waals surface area contributed by atoms with E-state index in [4.69, 9.17) is 0 Å². The Morgan fingerprint density at radius 1 is 1.12 bits per heavy atom. The second-order valence-electron chi connectivity index (χ2n) is 5.49. The van der Waals surface area contributed by atoms with E-state index >= 15 is 0 Å². The van der Waals surface area contributed by atoms with Crippen LogP contribution in [0.1, 0.15) is 37.7 Å². The van der Waals surface area contributed by atoms with Crippen molar-refractivity contribution < 1.29 is 0 Å². The van der Waals surface area contributed by atoms with Crippen LogP contribution in [0.2, 0.25) is 0 Å². The highest BCUT2D eigenvalue weighted by molar-refractivity contribution is 5.30. The summed E-state index contributed by atoms with van der Waals surface area (Å²) in [6.07, 6.45) is 1.94. The average molecular weight is 229 g/mol. The minimum atomic E-state index is 0.139. The highest BCUT2D eigenvalue weighted by Gasteiger charge is 2.14. The lowest BCUT2D eigenvalue weighted by atomic mass is 9.88. The summed E-state index contributed by atoms with van der Waals surface area (Å²) in [5, 5.41) is 4.43. The third-order valence-electron chi connectivity index (χ3n) is 2.84. The third kappa shape index (κ3) is 2.38. The first-order valence-corrected chi connectivity index (χ1v) is 5.88. The lowest BCUT2D eigenvalue weighted by molar-refractivity contribution is 0.586. The van der Waals surface area contributed by atoms with E-state index in [1.165, 1.54) is 5.56 Å². The largest absolute Gasteiger partial charge is 0.237 e. The van der Waals surface area contributed by atoms with Crippen molar-refractivity contribution in [3.05, 3.63) is 41.3 Å². The van der Waals surface area contributed by atoms with Gasteiger partial charge in [-0.3, -0.25) is 0 Å². The monoisotopic (exact) mass is 229 g/mol. The Balaban J connectivity index is 2.39. The summed E-state index contributed by atoms with van der Waals surface area (Å²) in [5.74, 6) is 0.878. The minimum Gasteiger partial charge on any atom is -0.237 e. The van der Waals surface area contributed by atoms with Crippen molar-refractivity contribution in [3.8, 4) is 5.82 Å². The summed E-state index contributed by atoms with van der Waals surface area (Å²) in [4.78, 5) is 4.49. The molecular formula is C14H19N3. The molecular weight excluding hydrogens is 210 g/mol. The van der Waals surface area contributed by atoms with Crippen LogP contribution >= 0.6 is 0 Å². The van der Waals surface area contributed by atoms with Crippen molar-refractivity contribution in [3.63, 3.8) is 0 Å². The Kier molecular flexibility index (Phi) is 2.77. The predicted octanol–water partition coefficient (Wildman–Crippen LogP) is 3.18. The topological polar surface area (TPSA) is 30.7 Å². The number of aromatic nitrogens is 3. The molecule has 0 aliphatic heterocycles. The number of nitrogens with zero attached hydrogens (tertiary/aromatic N) is 3. The quantitative estimate of drug-likeness (QED) is 0.752. The van der Waals surface area contributed by atoms with Crippen LogP contribution in [0, 0.1) is 13.8 Å². The first-order valence-electron chi connectivity index (χ1n) is 5.88. The summed E-state index contributed by atoms with van der Waals surface area (Å²) in [5.41, 5.74) is 3.51. The van der Waals surface area contributed by atoms with Crippen molar-refractivity contribution in [2.75, 3.05) is 0 Å². The molecule has 3 nitrogen and oxygen atoms in total. The molecule has 0 unspecified atom stereocenters. The molecule has 2 heterocycles. The molecule has 0 saturated carbocycles. The fourth-order valence-electron chi connectivity index (χ4n) is 1.82. The molecule has 0 saturated heterocycles. The Hall–Kier alpha value is -1.64. The average Bonchev–Trinajstić information content (AvgIpc) is 2.57. The Labute approximate surface area is 103 Å². The number of hydrogen-bond donors (Lipinski definition) is 0. The third-order valence-corrected chi connectivity index (χ3v) is 2.84. The standard InChI is InChI=1S/C14H19N3/c1-10-8-11(2)17(16-10)13-7-6-12(9-15-13)14(3,4)5/h6-9H,1-5H3. The van der Waals surface area contributed by atoms with Gasteiger partial charge in [-0.2, -0.15) is 5.10 Å². The van der Waals surface area contributed by atoms with E-state index in [-0.39, 0.29) is 5.41 Å². The maximum atomic E-state index is 4.49. The van der Waals surface area contributed by atoms with Crippen LogP contribution in [0.25, 0.3) is 5.82 Å². The summed E-state index contributed by atoms with van der Waals surface area (Å²) >= 11 is 0. The first-order chi connectivity index (χ1) is 7.88. The van der Waals surface area contributed by atoms with Gasteiger partial charge in [-0.05, 0) is 37.0 Å². The van der Waals surface area contributed by atoms with Gasteiger partial charge in [0.25, 0.3) is 0 Å². The van der Waals surface area contributed by atoms with Crippen LogP contribution in [-0.2, 0) is 5.41 Å². The molecule has 3 heteroatoms. The highest BCUT2D eigenvalue weighted by atomic mass is 15.3. The molecule has 0 amide bonds. The normalized spacial score (nSPS) is 11.8. The summed E-state index contributed by atoms with van der Waals surface area (Å²) in [6.45, 7) is 10.6. The van der Waals surface area contributed by atoms with Gasteiger partial charge >= 0.3 is 0 Å². The fraction of sp³-hybridized carbons (Fsp3) is 0.429. The molecule has 2 aromatic heterocycles. The Morgan fingerprint density at radius 3 is 2.24 bits per heavy atom. The SMILES string of the molecule is Cc1cc(C)n(-c2ccc(C(C)(C)C)cn2)n1. The number of rotatable bonds is 1. The molecule has 0 atom stereocenters. The molecule has 0 bridgehead atoms. The zero-order valence-electron chi connectivity index (χ0n) is 11.2. The van der Waals surface area contributed by atoms with E-state index < -0.39 is 0 Å². The Morgan fingerprint density at radius 2 is 1.82 bits per heavy atom. The van der Waals surface area contributed by atoms with Gasteiger partial charge in [-0.1, -0.05) is 26.8 Å². The maximum Gasteiger partial charge on any atom is 0.153 e. The van der Waals surface area contributed by atoms with E-state index in [1.54, 1.807) is 0 Å². The van der Waals surface area contributed by atoms with Gasteiger partial charge in [0.05, 0.1) is 5.69 Å². The molecule has 0 aliphatic rings. The predicted molar refractivity (Wildman–Crippen MR) is 69.5 cm³/mol. The molecule has 17 heavy (non-hydrogen) atoms. The number of aryl methyl sites for hydroxylation is 2. The van der Waals surface area contributed by atoms with E-state index in [9.17, 15) is 0 Å². The number of pyridine rings is 1. The number of hydrogen-bond acceptors (Lipinski definition) is 2. The highest BCUT2D eigenvalue weighted by Crippen LogP contribution is 2.21. The zero-order valence-corrected chi connectivity index (χ0v) is 11.2. The smallest absolute Gasteiger partial charge is 0.153 e. The second-order valence-corrected chi connectivity index (χ2v) is 5.49. The summed E-state index contributed by atoms with van der Waals surface area (Å²) in [7, 11) is 0. The first kappa shape index (κ1) is 11.8. The van der Waals surface area contributed by atoms with Crippen LogP contribution in [0.15, 0.2) is 24.4 Å². The van der Waals surface area contributed by atoms with Gasteiger partial charge in [0.2, 0.25) is 0 Å². The van der Waals surface area contributed by atoms with Crippen LogP contribution in [0.4, 0.5) is 0 Å². The van der Waals surface area contributed by atoms with Gasteiger partial charge in [-0.15, -0.1) is 0 Å². The van der Waals surface area contributed by atoms with Crippen molar-refractivity contribution in [2.24, 2.45) is 0 Å². The fourth-order valence-corrected chi connectivity index (χ4v) is 1.82. The van der Waals surface area contributed by atoms with E-state index in [1.807, 2.05) is 30.8 Å². The van der Waals surface area contributed by atoms with Crippen molar-refractivity contribution >= 4 is 0 Å². The molecule has 0 spiro atoms. The molecule has 0 N–H and O–H groups in total. The summed E-state index contributed by atoms with van der Waals surface area (Å²) in [6, 6.07) is 6.21. The lowest BCUT2D eigenvalue weighted by Crippen LogP contribution is -2.12. The molecule has 0 radical (unpaired) electrons. The second kappa shape index (κ2) is 3.99. The molecule has 0 aliphatic carbocycles. The van der Waals surface area contributed by atoms with Crippen molar-refractivity contribution in [1.82, 2.24) is 14.8 Å². The molecule has 90 valence electrons. The van der Waals surface area contributed by atoms with Gasteiger partial charge in [0.15, 0.2) is 5.82 Å². The van der Waals surface area contributed by atoms with Crippen molar-refractivity contribution in [1.29, 1.82) is 0 Å². The molecule has 2 rings (SSSR count). The van der Waals surface area contributed by atoms with Gasteiger partial charge in [-0.25, -0.2) is 9.67 Å². The lowest BCUT2D eigenvalue weighted by Gasteiger charge is -2.18. The van der Waals surface area contributed by atoms with E-state index in [0.29, 0.717) is 0 Å². The minimum absolute atomic E-state index is 0.139. The zero-order chi connectivity index (χ0) is 12.6. The Bertz CT molecular complexity index is 515. The van der Waals surface area contributed by atoms with E-state index in [2.05, 4.69) is 43.0 Å². The molecule has 0 aromatic carbocycles. The van der Waals surface area contributed by atoms with Crippen LogP contribution < -0.4 is 0 Å².